The SMILES string of the molecule is CC(N)CCCc1nc2ccc(Br)cc2[nH]1. The molecule has 86 valence electrons. The van der Waals surface area contributed by atoms with E-state index in [4.69, 9.17) is 5.73 Å². The molecule has 1 aromatic carbocycles. The van der Waals surface area contributed by atoms with Crippen LogP contribution in [-0.2, 0) is 6.42 Å². The lowest BCUT2D eigenvalue weighted by atomic mass is 10.1. The number of nitrogens with two attached hydrogens (primary N) is 1. The van der Waals surface area contributed by atoms with Crippen molar-refractivity contribution >= 4 is 27.0 Å². The average Bonchev–Trinajstić information content (AvgIpc) is 2.58. The molecule has 16 heavy (non-hydrogen) atoms. The van der Waals surface area contributed by atoms with Gasteiger partial charge in [0, 0.05) is 16.9 Å². The van der Waals surface area contributed by atoms with Gasteiger partial charge in [-0.15, -0.1) is 0 Å². The highest BCUT2D eigenvalue weighted by atomic mass is 79.9. The van der Waals surface area contributed by atoms with Gasteiger partial charge in [0.15, 0.2) is 0 Å². The summed E-state index contributed by atoms with van der Waals surface area (Å²) in [6.45, 7) is 2.04. The number of rotatable bonds is 4. The van der Waals surface area contributed by atoms with Gasteiger partial charge in [0.25, 0.3) is 0 Å². The fourth-order valence-corrected chi connectivity index (χ4v) is 2.11. The second-order valence-corrected chi connectivity index (χ2v) is 5.13. The normalized spacial score (nSPS) is 13.2. The van der Waals surface area contributed by atoms with E-state index in [0.717, 1.165) is 40.6 Å². The molecule has 3 nitrogen and oxygen atoms in total. The standard InChI is InChI=1S/C12H16BrN3/c1-8(14)3-2-4-12-15-10-6-5-9(13)7-11(10)16-12/h5-8H,2-4,14H2,1H3,(H,15,16). The van der Waals surface area contributed by atoms with E-state index in [2.05, 4.69) is 32.0 Å². The maximum atomic E-state index is 5.71. The van der Waals surface area contributed by atoms with Crippen molar-refractivity contribution in [2.24, 2.45) is 5.73 Å². The Morgan fingerprint density at radius 2 is 2.31 bits per heavy atom. The second kappa shape index (κ2) is 4.97. The largest absolute Gasteiger partial charge is 0.342 e. The Balaban J connectivity index is 2.08. The minimum absolute atomic E-state index is 0.276. The average molecular weight is 282 g/mol. The van der Waals surface area contributed by atoms with Crippen molar-refractivity contribution in [3.8, 4) is 0 Å². The highest BCUT2D eigenvalue weighted by Crippen LogP contribution is 2.18. The molecule has 1 heterocycles. The zero-order valence-corrected chi connectivity index (χ0v) is 10.9. The van der Waals surface area contributed by atoms with E-state index in [1.807, 2.05) is 19.1 Å². The van der Waals surface area contributed by atoms with Crippen molar-refractivity contribution in [3.05, 3.63) is 28.5 Å². The van der Waals surface area contributed by atoms with Crippen molar-refractivity contribution in [1.29, 1.82) is 0 Å². The van der Waals surface area contributed by atoms with Crippen molar-refractivity contribution in [3.63, 3.8) is 0 Å². The number of benzene rings is 1. The maximum absolute atomic E-state index is 5.71. The zero-order valence-electron chi connectivity index (χ0n) is 9.33. The molecule has 0 radical (unpaired) electrons. The molecule has 1 atom stereocenters. The number of halogens is 1. The smallest absolute Gasteiger partial charge is 0.107 e. The molecular weight excluding hydrogens is 266 g/mol. The van der Waals surface area contributed by atoms with Crippen LogP contribution >= 0.6 is 15.9 Å². The predicted octanol–water partition coefficient (Wildman–Crippen LogP) is 3.00. The Morgan fingerprint density at radius 3 is 3.06 bits per heavy atom. The first-order valence-electron chi connectivity index (χ1n) is 5.55. The van der Waals surface area contributed by atoms with Gasteiger partial charge in [-0.05, 0) is 38.0 Å². The van der Waals surface area contributed by atoms with E-state index in [1.54, 1.807) is 0 Å². The molecule has 0 spiro atoms. The molecule has 0 aliphatic heterocycles. The minimum atomic E-state index is 0.276. The quantitative estimate of drug-likeness (QED) is 0.905. The third-order valence-electron chi connectivity index (χ3n) is 2.57. The van der Waals surface area contributed by atoms with Crippen LogP contribution < -0.4 is 5.73 Å². The second-order valence-electron chi connectivity index (χ2n) is 4.21. The number of aromatic nitrogens is 2. The van der Waals surface area contributed by atoms with Crippen LogP contribution in [0.15, 0.2) is 22.7 Å². The van der Waals surface area contributed by atoms with Crippen LogP contribution in [0.5, 0.6) is 0 Å². The van der Waals surface area contributed by atoms with E-state index < -0.39 is 0 Å². The number of hydrogen-bond acceptors (Lipinski definition) is 2. The summed E-state index contributed by atoms with van der Waals surface area (Å²) in [5.74, 6) is 1.05. The molecule has 0 aliphatic carbocycles. The third-order valence-corrected chi connectivity index (χ3v) is 3.06. The molecule has 0 saturated heterocycles. The summed E-state index contributed by atoms with van der Waals surface area (Å²) in [4.78, 5) is 7.86. The number of nitrogens with one attached hydrogen (secondary N) is 1. The molecule has 4 heteroatoms. The van der Waals surface area contributed by atoms with E-state index in [1.165, 1.54) is 0 Å². The summed E-state index contributed by atoms with van der Waals surface area (Å²) >= 11 is 3.45. The van der Waals surface area contributed by atoms with E-state index in [-0.39, 0.29) is 6.04 Å². The summed E-state index contributed by atoms with van der Waals surface area (Å²) in [6, 6.07) is 6.36. The highest BCUT2D eigenvalue weighted by molar-refractivity contribution is 9.10. The summed E-state index contributed by atoms with van der Waals surface area (Å²) in [5.41, 5.74) is 7.83. The van der Waals surface area contributed by atoms with E-state index in [9.17, 15) is 0 Å². The van der Waals surface area contributed by atoms with Gasteiger partial charge >= 0.3 is 0 Å². The molecule has 0 saturated carbocycles. The molecule has 0 bridgehead atoms. The lowest BCUT2D eigenvalue weighted by Crippen LogP contribution is -2.14. The molecule has 2 rings (SSSR count). The Kier molecular flexibility index (Phi) is 3.61. The van der Waals surface area contributed by atoms with Gasteiger partial charge in [-0.3, -0.25) is 0 Å². The monoisotopic (exact) mass is 281 g/mol. The first kappa shape index (κ1) is 11.6. The summed E-state index contributed by atoms with van der Waals surface area (Å²) in [6.07, 6.45) is 3.09. The van der Waals surface area contributed by atoms with Crippen LogP contribution in [0, 0.1) is 0 Å². The summed E-state index contributed by atoms with van der Waals surface area (Å²) in [7, 11) is 0. The molecule has 0 amide bonds. The predicted molar refractivity (Wildman–Crippen MR) is 70.4 cm³/mol. The van der Waals surface area contributed by atoms with Gasteiger partial charge in [-0.1, -0.05) is 15.9 Å². The molecular formula is C12H16BrN3. The Hall–Kier alpha value is -0.870. The topological polar surface area (TPSA) is 54.7 Å². The number of fused-ring (bicyclic) bond motifs is 1. The van der Waals surface area contributed by atoms with Crippen LogP contribution in [0.4, 0.5) is 0 Å². The number of hydrogen-bond donors (Lipinski definition) is 2. The Bertz CT molecular complexity index is 476. The van der Waals surface area contributed by atoms with Gasteiger partial charge in [-0.2, -0.15) is 0 Å². The van der Waals surface area contributed by atoms with Crippen molar-refractivity contribution < 1.29 is 0 Å². The fourth-order valence-electron chi connectivity index (χ4n) is 1.74. The molecule has 3 N–H and O–H groups in total. The fraction of sp³-hybridized carbons (Fsp3) is 0.417. The maximum Gasteiger partial charge on any atom is 0.107 e. The molecule has 0 fully saturated rings. The van der Waals surface area contributed by atoms with Gasteiger partial charge in [-0.25, -0.2) is 4.98 Å². The van der Waals surface area contributed by atoms with Crippen LogP contribution in [0.25, 0.3) is 11.0 Å². The van der Waals surface area contributed by atoms with Crippen LogP contribution in [-0.4, -0.2) is 16.0 Å². The van der Waals surface area contributed by atoms with Crippen molar-refractivity contribution in [2.45, 2.75) is 32.2 Å². The minimum Gasteiger partial charge on any atom is -0.342 e. The van der Waals surface area contributed by atoms with Gasteiger partial charge < -0.3 is 10.7 Å². The number of aryl methyl sites for hydroxylation is 1. The zero-order chi connectivity index (χ0) is 11.5. The summed E-state index contributed by atoms with van der Waals surface area (Å²) in [5, 5.41) is 0. The lowest BCUT2D eigenvalue weighted by Gasteiger charge is -2.01. The molecule has 1 unspecified atom stereocenters. The highest BCUT2D eigenvalue weighted by Gasteiger charge is 2.03. The molecule has 1 aromatic heterocycles. The van der Waals surface area contributed by atoms with Gasteiger partial charge in [0.1, 0.15) is 5.82 Å². The summed E-state index contributed by atoms with van der Waals surface area (Å²) < 4.78 is 1.07. The first-order chi connectivity index (χ1) is 7.65. The Morgan fingerprint density at radius 1 is 1.50 bits per heavy atom. The van der Waals surface area contributed by atoms with Crippen LogP contribution in [0.2, 0.25) is 0 Å². The lowest BCUT2D eigenvalue weighted by molar-refractivity contribution is 0.616. The number of H-pyrrole nitrogens is 1. The van der Waals surface area contributed by atoms with Crippen LogP contribution in [0.1, 0.15) is 25.6 Å². The van der Waals surface area contributed by atoms with Crippen molar-refractivity contribution in [2.75, 3.05) is 0 Å². The van der Waals surface area contributed by atoms with Crippen molar-refractivity contribution in [1.82, 2.24) is 9.97 Å². The molecule has 2 aromatic rings. The number of nitrogens with zero attached hydrogens (tertiary/aromatic N) is 1. The number of imidazole rings is 1. The van der Waals surface area contributed by atoms with Gasteiger partial charge in [0.2, 0.25) is 0 Å². The van der Waals surface area contributed by atoms with Gasteiger partial charge in [0.05, 0.1) is 11.0 Å². The van der Waals surface area contributed by atoms with E-state index >= 15 is 0 Å². The number of aromatic amines is 1. The van der Waals surface area contributed by atoms with E-state index in [0.29, 0.717) is 0 Å². The molecule has 0 aliphatic rings. The first-order valence-corrected chi connectivity index (χ1v) is 6.34. The third kappa shape index (κ3) is 2.83. The van der Waals surface area contributed by atoms with Crippen LogP contribution in [0.3, 0.4) is 0 Å². The Labute approximate surface area is 104 Å².